The lowest BCUT2D eigenvalue weighted by atomic mass is 10.0. The van der Waals surface area contributed by atoms with Crippen molar-refractivity contribution in [3.8, 4) is 34.0 Å². The third-order valence-corrected chi connectivity index (χ3v) is 5.71. The van der Waals surface area contributed by atoms with Crippen LogP contribution in [-0.4, -0.2) is 48.9 Å². The number of nitrogens with one attached hydrogen (secondary N) is 1. The summed E-state index contributed by atoms with van der Waals surface area (Å²) in [5, 5.41) is 18.4. The van der Waals surface area contributed by atoms with Gasteiger partial charge >= 0.3 is 0 Å². The van der Waals surface area contributed by atoms with Crippen LogP contribution in [0.15, 0.2) is 67.3 Å². The lowest BCUT2D eigenvalue weighted by molar-refractivity contribution is 0.222. The van der Waals surface area contributed by atoms with E-state index < -0.39 is 0 Å². The second-order valence-corrected chi connectivity index (χ2v) is 7.82. The van der Waals surface area contributed by atoms with Gasteiger partial charge in [-0.1, -0.05) is 12.1 Å². The van der Waals surface area contributed by atoms with Crippen molar-refractivity contribution >= 4 is 16.6 Å². The number of nitrogens with zero attached hydrogens (tertiary/aromatic N) is 5. The van der Waals surface area contributed by atoms with Crippen LogP contribution in [0.1, 0.15) is 6.42 Å². The SMILES string of the molecule is Oc1ccc2c(-c3cnn4cc(-c5ccc(OC6CCNC6)cn5)cnc34)cccc2n1. The minimum absolute atomic E-state index is 0.00103. The third-order valence-electron chi connectivity index (χ3n) is 5.71. The van der Waals surface area contributed by atoms with Gasteiger partial charge in [0.25, 0.3) is 0 Å². The van der Waals surface area contributed by atoms with Crippen LogP contribution in [0.4, 0.5) is 0 Å². The summed E-state index contributed by atoms with van der Waals surface area (Å²) in [5.74, 6) is 0.773. The predicted octanol–water partition coefficient (Wildman–Crippen LogP) is 3.45. The maximum atomic E-state index is 9.69. The molecule has 0 bridgehead atoms. The van der Waals surface area contributed by atoms with Crippen molar-refractivity contribution in [3.05, 3.63) is 67.3 Å². The summed E-state index contributed by atoms with van der Waals surface area (Å²) < 4.78 is 7.71. The van der Waals surface area contributed by atoms with Crippen molar-refractivity contribution in [2.24, 2.45) is 0 Å². The van der Waals surface area contributed by atoms with Crippen LogP contribution < -0.4 is 10.1 Å². The summed E-state index contributed by atoms with van der Waals surface area (Å²) in [6.07, 6.45) is 8.50. The van der Waals surface area contributed by atoms with Crippen LogP contribution >= 0.6 is 0 Å². The van der Waals surface area contributed by atoms with E-state index in [2.05, 4.69) is 25.4 Å². The lowest BCUT2D eigenvalue weighted by Gasteiger charge is -2.12. The van der Waals surface area contributed by atoms with E-state index in [1.807, 2.05) is 42.6 Å². The Morgan fingerprint density at radius 2 is 1.97 bits per heavy atom. The maximum Gasteiger partial charge on any atom is 0.211 e. The van der Waals surface area contributed by atoms with Gasteiger partial charge < -0.3 is 15.2 Å². The zero-order valence-corrected chi connectivity index (χ0v) is 17.1. The minimum atomic E-state index is 0.00103. The van der Waals surface area contributed by atoms with Crippen LogP contribution in [-0.2, 0) is 0 Å². The molecule has 0 saturated carbocycles. The molecule has 5 heterocycles. The van der Waals surface area contributed by atoms with E-state index in [0.29, 0.717) is 0 Å². The molecule has 0 spiro atoms. The van der Waals surface area contributed by atoms with Crippen molar-refractivity contribution in [1.29, 1.82) is 0 Å². The minimum Gasteiger partial charge on any atom is -0.493 e. The van der Waals surface area contributed by atoms with Gasteiger partial charge in [0.05, 0.1) is 23.6 Å². The van der Waals surface area contributed by atoms with Crippen LogP contribution in [0.3, 0.4) is 0 Å². The molecule has 8 nitrogen and oxygen atoms in total. The van der Waals surface area contributed by atoms with E-state index in [4.69, 9.17) is 4.74 Å². The number of fused-ring (bicyclic) bond motifs is 2. The van der Waals surface area contributed by atoms with E-state index >= 15 is 0 Å². The molecule has 1 aliphatic heterocycles. The second kappa shape index (κ2) is 7.58. The highest BCUT2D eigenvalue weighted by molar-refractivity contribution is 5.98. The Hall–Kier alpha value is -4.04. The van der Waals surface area contributed by atoms with E-state index in [1.54, 1.807) is 29.2 Å². The van der Waals surface area contributed by atoms with Gasteiger partial charge in [0.15, 0.2) is 5.65 Å². The Morgan fingerprint density at radius 1 is 1.00 bits per heavy atom. The fraction of sp³-hybridized carbons (Fsp3) is 0.167. The van der Waals surface area contributed by atoms with E-state index in [0.717, 1.165) is 64.2 Å². The van der Waals surface area contributed by atoms with Crippen LogP contribution in [0.5, 0.6) is 11.6 Å². The molecular formula is C24H20N6O2. The Morgan fingerprint density at radius 3 is 2.81 bits per heavy atom. The van der Waals surface area contributed by atoms with Gasteiger partial charge in [0.1, 0.15) is 11.9 Å². The number of rotatable bonds is 4. The second-order valence-electron chi connectivity index (χ2n) is 7.82. The van der Waals surface area contributed by atoms with Gasteiger partial charge in [-0.15, -0.1) is 0 Å². The molecule has 32 heavy (non-hydrogen) atoms. The molecule has 8 heteroatoms. The molecule has 6 rings (SSSR count). The number of benzene rings is 1. The first-order valence-corrected chi connectivity index (χ1v) is 10.5. The standard InChI is InChI=1S/C24H20N6O2/c31-23-7-5-19-18(2-1-3-22(19)29-23)20-13-28-30-14-15(10-27-24(20)30)21-6-4-16(12-26-21)32-17-8-9-25-11-17/h1-7,10,12-14,17,25H,8-9,11H2,(H,29,31). The van der Waals surface area contributed by atoms with Gasteiger partial charge in [0, 0.05) is 41.5 Å². The van der Waals surface area contributed by atoms with E-state index in [-0.39, 0.29) is 12.0 Å². The molecule has 1 aromatic carbocycles. The Kier molecular flexibility index (Phi) is 4.43. The van der Waals surface area contributed by atoms with E-state index in [1.165, 1.54) is 0 Å². The Bertz CT molecular complexity index is 1420. The quantitative estimate of drug-likeness (QED) is 0.456. The van der Waals surface area contributed by atoms with Crippen LogP contribution in [0.25, 0.3) is 38.9 Å². The molecule has 0 aliphatic carbocycles. The normalized spacial score (nSPS) is 16.1. The zero-order chi connectivity index (χ0) is 21.5. The molecule has 0 radical (unpaired) electrons. The molecule has 4 aromatic heterocycles. The number of pyridine rings is 2. The van der Waals surface area contributed by atoms with Gasteiger partial charge in [-0.3, -0.25) is 4.98 Å². The molecule has 1 aliphatic rings. The highest BCUT2D eigenvalue weighted by atomic mass is 16.5. The summed E-state index contributed by atoms with van der Waals surface area (Å²) in [6.45, 7) is 1.86. The first kappa shape index (κ1) is 18.7. The predicted molar refractivity (Wildman–Crippen MR) is 121 cm³/mol. The highest BCUT2D eigenvalue weighted by Gasteiger charge is 2.16. The van der Waals surface area contributed by atoms with Crippen molar-refractivity contribution in [1.82, 2.24) is 29.9 Å². The summed E-state index contributed by atoms with van der Waals surface area (Å²) in [5.41, 5.74) is 4.99. The monoisotopic (exact) mass is 424 g/mol. The molecule has 1 unspecified atom stereocenters. The fourth-order valence-electron chi connectivity index (χ4n) is 4.12. The number of hydrogen-bond acceptors (Lipinski definition) is 7. The molecule has 1 saturated heterocycles. The summed E-state index contributed by atoms with van der Waals surface area (Å²) in [7, 11) is 0. The summed E-state index contributed by atoms with van der Waals surface area (Å²) in [6, 6.07) is 13.1. The third kappa shape index (κ3) is 3.30. The molecule has 1 atom stereocenters. The average molecular weight is 424 g/mol. The molecule has 1 fully saturated rings. The topological polar surface area (TPSA) is 97.5 Å². The van der Waals surface area contributed by atoms with Gasteiger partial charge in [0.2, 0.25) is 5.88 Å². The van der Waals surface area contributed by atoms with Gasteiger partial charge in [-0.05, 0) is 42.8 Å². The zero-order valence-electron chi connectivity index (χ0n) is 17.1. The van der Waals surface area contributed by atoms with Gasteiger partial charge in [-0.2, -0.15) is 5.10 Å². The maximum absolute atomic E-state index is 9.69. The number of aromatic hydroxyl groups is 1. The molecular weight excluding hydrogens is 404 g/mol. The number of aromatic nitrogens is 5. The lowest BCUT2D eigenvalue weighted by Crippen LogP contribution is -2.19. The van der Waals surface area contributed by atoms with Gasteiger partial charge in [-0.25, -0.2) is 14.5 Å². The molecule has 2 N–H and O–H groups in total. The molecule has 0 amide bonds. The van der Waals surface area contributed by atoms with Crippen molar-refractivity contribution in [2.75, 3.05) is 13.1 Å². The number of hydrogen-bond donors (Lipinski definition) is 2. The van der Waals surface area contributed by atoms with Crippen LogP contribution in [0.2, 0.25) is 0 Å². The molecule has 158 valence electrons. The average Bonchev–Trinajstić information content (AvgIpc) is 3.48. The summed E-state index contributed by atoms with van der Waals surface area (Å²) >= 11 is 0. The Balaban J connectivity index is 1.33. The van der Waals surface area contributed by atoms with Crippen LogP contribution in [0, 0.1) is 0 Å². The van der Waals surface area contributed by atoms with Crippen molar-refractivity contribution < 1.29 is 9.84 Å². The summed E-state index contributed by atoms with van der Waals surface area (Å²) in [4.78, 5) is 13.4. The van der Waals surface area contributed by atoms with E-state index in [9.17, 15) is 5.11 Å². The number of ether oxygens (including phenoxy) is 1. The molecule has 5 aromatic rings. The fourth-order valence-corrected chi connectivity index (χ4v) is 4.12. The van der Waals surface area contributed by atoms with Crippen molar-refractivity contribution in [3.63, 3.8) is 0 Å². The highest BCUT2D eigenvalue weighted by Crippen LogP contribution is 2.31. The van der Waals surface area contributed by atoms with Crippen molar-refractivity contribution in [2.45, 2.75) is 12.5 Å². The smallest absolute Gasteiger partial charge is 0.211 e. The Labute approximate surface area is 183 Å². The first-order chi connectivity index (χ1) is 15.7. The first-order valence-electron chi connectivity index (χ1n) is 10.5. The largest absolute Gasteiger partial charge is 0.493 e.